The standard InChI is InChI=1S/C17H14FN3O2S/c1-10-7-12(4-5-13(10)18)21-9-11(8-15(21)22)16-19-17(23-20-16)14-3-2-6-24-14/h2-7,11H,8-9H2,1H3. The molecule has 7 heteroatoms. The third kappa shape index (κ3) is 2.60. The highest BCUT2D eigenvalue weighted by Crippen LogP contribution is 2.32. The minimum atomic E-state index is -0.277. The lowest BCUT2D eigenvalue weighted by atomic mass is 10.1. The third-order valence-electron chi connectivity index (χ3n) is 4.12. The first-order valence-corrected chi connectivity index (χ1v) is 8.44. The molecular weight excluding hydrogens is 329 g/mol. The Morgan fingerprint density at radius 1 is 1.38 bits per heavy atom. The lowest BCUT2D eigenvalue weighted by Crippen LogP contribution is -2.24. The molecule has 0 aliphatic carbocycles. The number of anilines is 1. The molecule has 1 fully saturated rings. The fourth-order valence-electron chi connectivity index (χ4n) is 2.83. The molecule has 5 nitrogen and oxygen atoms in total. The molecule has 0 spiro atoms. The quantitative estimate of drug-likeness (QED) is 0.726. The van der Waals surface area contributed by atoms with Crippen LogP contribution in [-0.2, 0) is 4.79 Å². The maximum Gasteiger partial charge on any atom is 0.267 e. The number of halogens is 1. The fraction of sp³-hybridized carbons (Fsp3) is 0.235. The topological polar surface area (TPSA) is 59.2 Å². The van der Waals surface area contributed by atoms with E-state index in [1.807, 2.05) is 17.5 Å². The summed E-state index contributed by atoms with van der Waals surface area (Å²) >= 11 is 1.52. The molecule has 122 valence electrons. The number of aromatic nitrogens is 2. The summed E-state index contributed by atoms with van der Waals surface area (Å²) in [7, 11) is 0. The molecule has 3 heterocycles. The number of carbonyl (C=O) groups is 1. The van der Waals surface area contributed by atoms with Crippen LogP contribution in [0, 0.1) is 12.7 Å². The summed E-state index contributed by atoms with van der Waals surface area (Å²) in [5.41, 5.74) is 1.21. The summed E-state index contributed by atoms with van der Waals surface area (Å²) in [6.07, 6.45) is 0.319. The zero-order chi connectivity index (χ0) is 16.7. The van der Waals surface area contributed by atoms with E-state index in [-0.39, 0.29) is 17.6 Å². The van der Waals surface area contributed by atoms with Crippen LogP contribution in [0.2, 0.25) is 0 Å². The predicted octanol–water partition coefficient (Wildman–Crippen LogP) is 3.77. The second-order valence-electron chi connectivity index (χ2n) is 5.77. The zero-order valence-electron chi connectivity index (χ0n) is 12.9. The third-order valence-corrected chi connectivity index (χ3v) is 4.97. The van der Waals surface area contributed by atoms with Crippen LogP contribution >= 0.6 is 11.3 Å². The SMILES string of the molecule is Cc1cc(N2CC(c3noc(-c4cccs4)n3)CC2=O)ccc1F. The summed E-state index contributed by atoms with van der Waals surface area (Å²) in [6.45, 7) is 2.15. The van der Waals surface area contributed by atoms with E-state index in [2.05, 4.69) is 10.1 Å². The molecule has 24 heavy (non-hydrogen) atoms. The van der Waals surface area contributed by atoms with Gasteiger partial charge >= 0.3 is 0 Å². The highest BCUT2D eigenvalue weighted by Gasteiger charge is 2.34. The first kappa shape index (κ1) is 15.0. The van der Waals surface area contributed by atoms with Gasteiger partial charge in [0.2, 0.25) is 5.91 Å². The Hall–Kier alpha value is -2.54. The first-order valence-electron chi connectivity index (χ1n) is 7.56. The van der Waals surface area contributed by atoms with Crippen LogP contribution in [0.5, 0.6) is 0 Å². The molecule has 1 aromatic carbocycles. The number of thiophene rings is 1. The Labute approximate surface area is 141 Å². The summed E-state index contributed by atoms with van der Waals surface area (Å²) in [5, 5.41) is 5.97. The van der Waals surface area contributed by atoms with Crippen LogP contribution in [-0.4, -0.2) is 22.6 Å². The smallest absolute Gasteiger partial charge is 0.267 e. The molecule has 0 bridgehead atoms. The van der Waals surface area contributed by atoms with Crippen molar-refractivity contribution in [1.82, 2.24) is 10.1 Å². The number of rotatable bonds is 3. The van der Waals surface area contributed by atoms with Gasteiger partial charge < -0.3 is 9.42 Å². The molecule has 0 N–H and O–H groups in total. The number of benzene rings is 1. The van der Waals surface area contributed by atoms with Crippen LogP contribution in [0.25, 0.3) is 10.8 Å². The first-order chi connectivity index (χ1) is 11.6. The highest BCUT2D eigenvalue weighted by molar-refractivity contribution is 7.13. The fourth-order valence-corrected chi connectivity index (χ4v) is 3.47. The average molecular weight is 343 g/mol. The summed E-state index contributed by atoms with van der Waals surface area (Å²) in [4.78, 5) is 19.3. The van der Waals surface area contributed by atoms with Crippen LogP contribution in [0.3, 0.4) is 0 Å². The Balaban J connectivity index is 1.56. The number of amides is 1. The van der Waals surface area contributed by atoms with Crippen molar-refractivity contribution in [3.8, 4) is 10.8 Å². The highest BCUT2D eigenvalue weighted by atomic mass is 32.1. The van der Waals surface area contributed by atoms with Crippen molar-refractivity contribution in [3.63, 3.8) is 0 Å². The summed E-state index contributed by atoms with van der Waals surface area (Å²) in [6, 6.07) is 8.52. The summed E-state index contributed by atoms with van der Waals surface area (Å²) in [5.74, 6) is 0.589. The van der Waals surface area contributed by atoms with Gasteiger partial charge in [-0.05, 0) is 42.1 Å². The van der Waals surface area contributed by atoms with Crippen molar-refractivity contribution in [2.45, 2.75) is 19.3 Å². The van der Waals surface area contributed by atoms with Crippen molar-refractivity contribution < 1.29 is 13.7 Å². The van der Waals surface area contributed by atoms with Gasteiger partial charge in [0.25, 0.3) is 5.89 Å². The Bertz CT molecular complexity index is 891. The van der Waals surface area contributed by atoms with Crippen molar-refractivity contribution in [2.75, 3.05) is 11.4 Å². The lowest BCUT2D eigenvalue weighted by Gasteiger charge is -2.16. The molecule has 1 aliphatic rings. The molecule has 1 aliphatic heterocycles. The van der Waals surface area contributed by atoms with E-state index in [1.165, 1.54) is 17.4 Å². The van der Waals surface area contributed by atoms with Crippen molar-refractivity contribution in [1.29, 1.82) is 0 Å². The second kappa shape index (κ2) is 5.83. The Morgan fingerprint density at radius 3 is 3.00 bits per heavy atom. The molecule has 1 atom stereocenters. The predicted molar refractivity (Wildman–Crippen MR) is 88.5 cm³/mol. The molecule has 0 saturated carbocycles. The van der Waals surface area contributed by atoms with Gasteiger partial charge in [0.1, 0.15) is 5.82 Å². The Morgan fingerprint density at radius 2 is 2.25 bits per heavy atom. The summed E-state index contributed by atoms with van der Waals surface area (Å²) < 4.78 is 18.7. The molecule has 1 amide bonds. The lowest BCUT2D eigenvalue weighted by molar-refractivity contribution is -0.117. The molecule has 2 aromatic heterocycles. The number of hydrogen-bond acceptors (Lipinski definition) is 5. The zero-order valence-corrected chi connectivity index (χ0v) is 13.7. The van der Waals surface area contributed by atoms with Crippen LogP contribution in [0.4, 0.5) is 10.1 Å². The number of hydrogen-bond donors (Lipinski definition) is 0. The van der Waals surface area contributed by atoms with Crippen molar-refractivity contribution >= 4 is 22.9 Å². The van der Waals surface area contributed by atoms with Gasteiger partial charge in [-0.2, -0.15) is 4.98 Å². The average Bonchev–Trinajstić information content (AvgIpc) is 3.28. The van der Waals surface area contributed by atoms with E-state index in [4.69, 9.17) is 4.52 Å². The molecule has 4 rings (SSSR count). The van der Waals surface area contributed by atoms with Gasteiger partial charge in [-0.15, -0.1) is 11.3 Å². The number of nitrogens with zero attached hydrogens (tertiary/aromatic N) is 3. The molecule has 1 unspecified atom stereocenters. The maximum atomic E-state index is 13.4. The van der Waals surface area contributed by atoms with Crippen molar-refractivity contribution in [2.24, 2.45) is 0 Å². The Kier molecular flexibility index (Phi) is 3.65. The molecule has 3 aromatic rings. The van der Waals surface area contributed by atoms with Crippen molar-refractivity contribution in [3.05, 3.63) is 52.9 Å². The maximum absolute atomic E-state index is 13.4. The minimum Gasteiger partial charge on any atom is -0.333 e. The van der Waals surface area contributed by atoms with E-state index < -0.39 is 0 Å². The van der Waals surface area contributed by atoms with Gasteiger partial charge in [-0.1, -0.05) is 11.2 Å². The van der Waals surface area contributed by atoms with E-state index in [0.717, 1.165) is 4.88 Å². The van der Waals surface area contributed by atoms with Gasteiger partial charge in [0.05, 0.1) is 4.88 Å². The van der Waals surface area contributed by atoms with E-state index >= 15 is 0 Å². The largest absolute Gasteiger partial charge is 0.333 e. The molecule has 1 saturated heterocycles. The van der Waals surface area contributed by atoms with Crippen LogP contribution < -0.4 is 4.90 Å². The number of aryl methyl sites for hydroxylation is 1. The minimum absolute atomic E-state index is 0.0199. The van der Waals surface area contributed by atoms with E-state index in [0.29, 0.717) is 35.9 Å². The number of carbonyl (C=O) groups excluding carboxylic acids is 1. The van der Waals surface area contributed by atoms with Crippen LogP contribution in [0.1, 0.15) is 23.7 Å². The monoisotopic (exact) mass is 343 g/mol. The normalized spacial score (nSPS) is 17.7. The second-order valence-corrected chi connectivity index (χ2v) is 6.72. The van der Waals surface area contributed by atoms with Gasteiger partial charge in [0.15, 0.2) is 5.82 Å². The van der Waals surface area contributed by atoms with Gasteiger partial charge in [0, 0.05) is 24.6 Å². The molecular formula is C17H14FN3O2S. The van der Waals surface area contributed by atoms with E-state index in [1.54, 1.807) is 24.0 Å². The van der Waals surface area contributed by atoms with Gasteiger partial charge in [-0.25, -0.2) is 4.39 Å². The van der Waals surface area contributed by atoms with Gasteiger partial charge in [-0.3, -0.25) is 4.79 Å². The van der Waals surface area contributed by atoms with Crippen LogP contribution in [0.15, 0.2) is 40.2 Å². The molecule has 0 radical (unpaired) electrons. The van der Waals surface area contributed by atoms with E-state index in [9.17, 15) is 9.18 Å².